The molecule has 0 aromatic heterocycles. The number of hydrogen-bond acceptors (Lipinski definition) is 18. The fourth-order valence-corrected chi connectivity index (χ4v) is 10.8. The maximum Gasteiger partial charge on any atom is 0.101 e. The zero-order valence-corrected chi connectivity index (χ0v) is 41.7. The van der Waals surface area contributed by atoms with Gasteiger partial charge in [0.05, 0.1) is 117 Å². The average molecular weight is 963 g/mol. The molecule has 0 spiro atoms. The van der Waals surface area contributed by atoms with Gasteiger partial charge in [0.15, 0.2) is 0 Å². The second-order valence-corrected chi connectivity index (χ2v) is 19.4. The highest BCUT2D eigenvalue weighted by molar-refractivity contribution is 8.02. The lowest BCUT2D eigenvalue weighted by molar-refractivity contribution is 0.00827. The Labute approximate surface area is 405 Å². The molecule has 4 aliphatic rings. The summed E-state index contributed by atoms with van der Waals surface area (Å²) in [6.07, 6.45) is 4.26. The molecule has 1 aromatic carbocycles. The van der Waals surface area contributed by atoms with Gasteiger partial charge < -0.3 is 47.7 Å². The van der Waals surface area contributed by atoms with Crippen LogP contribution in [0.3, 0.4) is 0 Å². The average Bonchev–Trinajstić information content (AvgIpc) is 3.33. The van der Waals surface area contributed by atoms with Crippen LogP contribution in [0.1, 0.15) is 36.8 Å². The molecule has 4 heterocycles. The van der Waals surface area contributed by atoms with Crippen LogP contribution in [0.2, 0.25) is 0 Å². The summed E-state index contributed by atoms with van der Waals surface area (Å²) in [6.45, 7) is 27.2. The van der Waals surface area contributed by atoms with Crippen molar-refractivity contribution in [1.29, 1.82) is 10.5 Å². The van der Waals surface area contributed by atoms with Crippen molar-refractivity contribution in [3.8, 4) is 12.1 Å². The van der Waals surface area contributed by atoms with Gasteiger partial charge in [-0.15, -0.1) is 23.5 Å². The molecule has 0 atom stereocenters. The van der Waals surface area contributed by atoms with Crippen LogP contribution >= 0.6 is 23.5 Å². The van der Waals surface area contributed by atoms with E-state index in [2.05, 4.69) is 41.5 Å². The molecule has 66 heavy (non-hydrogen) atoms. The van der Waals surface area contributed by atoms with Crippen molar-refractivity contribution in [2.75, 3.05) is 235 Å². The highest BCUT2D eigenvalue weighted by Crippen LogP contribution is 2.34. The quantitative estimate of drug-likeness (QED) is 0.352. The fraction of sp³-hybridized carbons (Fsp3) is 0.833. The van der Waals surface area contributed by atoms with Gasteiger partial charge in [-0.2, -0.15) is 10.5 Å². The summed E-state index contributed by atoms with van der Waals surface area (Å²) in [5.74, 6) is 1.79. The van der Waals surface area contributed by atoms with E-state index in [1.54, 1.807) is 0 Å². The first-order valence-corrected chi connectivity index (χ1v) is 26.9. The first kappa shape index (κ1) is 55.3. The van der Waals surface area contributed by atoms with Crippen LogP contribution in [0.15, 0.2) is 21.9 Å². The first-order valence-electron chi connectivity index (χ1n) is 24.9. The summed E-state index contributed by atoms with van der Waals surface area (Å²) in [5, 5.41) is 20.1. The number of thioether (sulfide) groups is 2. The van der Waals surface area contributed by atoms with E-state index >= 15 is 0 Å². The molecule has 4 aliphatic heterocycles. The minimum atomic E-state index is 0.447. The van der Waals surface area contributed by atoms with Gasteiger partial charge in [0, 0.05) is 86.7 Å². The number of hydrogen-bond donors (Lipinski definition) is 0. The third kappa shape index (κ3) is 24.3. The minimum absolute atomic E-state index is 0.447. The Morgan fingerprint density at radius 2 is 0.591 bits per heavy atom. The standard InChI is InChI=1S/C48H82N8O8S2/c49-43-45-41-47(65-39-21-51-5-1-9-53-13-23-57-31-33-59-25-15-54(10-2-6-51)16-26-60-34-32-58-24-14-53)48(42-46(45)44-50)66-40-22-52-7-3-11-55-17-27-61-35-37-63-29-19-56(12-4-8-52)20-30-64-38-36-62-28-18-55/h41-42H,1-40H2. The lowest BCUT2D eigenvalue weighted by atomic mass is 10.1. The molecule has 0 aliphatic carbocycles. The second-order valence-electron chi connectivity index (χ2n) is 17.1. The summed E-state index contributed by atoms with van der Waals surface area (Å²) < 4.78 is 47.6. The van der Waals surface area contributed by atoms with Crippen molar-refractivity contribution in [2.24, 2.45) is 0 Å². The summed E-state index contributed by atoms with van der Waals surface area (Å²) in [7, 11) is 0. The summed E-state index contributed by atoms with van der Waals surface area (Å²) in [6, 6.07) is 8.52. The summed E-state index contributed by atoms with van der Waals surface area (Å²) in [4.78, 5) is 17.2. The van der Waals surface area contributed by atoms with E-state index in [9.17, 15) is 10.5 Å². The number of nitriles is 2. The van der Waals surface area contributed by atoms with E-state index in [4.69, 9.17) is 37.9 Å². The molecule has 5 rings (SSSR count). The molecule has 0 N–H and O–H groups in total. The Kier molecular flexibility index (Phi) is 30.4. The van der Waals surface area contributed by atoms with Crippen LogP contribution in [0.25, 0.3) is 0 Å². The molecule has 1 aromatic rings. The van der Waals surface area contributed by atoms with Crippen molar-refractivity contribution in [2.45, 2.75) is 35.5 Å². The molecular formula is C48H82N8O8S2. The van der Waals surface area contributed by atoms with Crippen molar-refractivity contribution in [3.05, 3.63) is 23.3 Å². The van der Waals surface area contributed by atoms with E-state index in [0.717, 1.165) is 165 Å². The normalized spacial score (nSPS) is 26.8. The molecule has 374 valence electrons. The van der Waals surface area contributed by atoms with Crippen molar-refractivity contribution >= 4 is 23.5 Å². The van der Waals surface area contributed by atoms with Crippen LogP contribution in [0, 0.1) is 22.7 Å². The predicted octanol–water partition coefficient (Wildman–Crippen LogP) is 3.17. The molecule has 4 saturated heterocycles. The number of nitrogens with zero attached hydrogens (tertiary/aromatic N) is 8. The molecule has 0 saturated carbocycles. The van der Waals surface area contributed by atoms with E-state index in [0.29, 0.717) is 117 Å². The van der Waals surface area contributed by atoms with Crippen LogP contribution in [-0.4, -0.2) is 264 Å². The summed E-state index contributed by atoms with van der Waals surface area (Å²) >= 11 is 3.63. The van der Waals surface area contributed by atoms with E-state index in [1.165, 1.54) is 0 Å². The summed E-state index contributed by atoms with van der Waals surface area (Å²) in [5.41, 5.74) is 0.895. The smallest absolute Gasteiger partial charge is 0.101 e. The van der Waals surface area contributed by atoms with Crippen LogP contribution in [0.5, 0.6) is 0 Å². The van der Waals surface area contributed by atoms with E-state index < -0.39 is 0 Å². The third-order valence-corrected chi connectivity index (χ3v) is 14.6. The number of ether oxygens (including phenoxy) is 8. The Bertz CT molecular complexity index is 1290. The fourth-order valence-electron chi connectivity index (χ4n) is 8.46. The maximum atomic E-state index is 10.1. The number of benzene rings is 1. The van der Waals surface area contributed by atoms with Gasteiger partial charge in [0.25, 0.3) is 0 Å². The lowest BCUT2D eigenvalue weighted by Gasteiger charge is -2.27. The van der Waals surface area contributed by atoms with Crippen molar-refractivity contribution in [1.82, 2.24) is 29.4 Å². The Morgan fingerprint density at radius 3 is 0.818 bits per heavy atom. The van der Waals surface area contributed by atoms with Crippen LogP contribution in [0.4, 0.5) is 0 Å². The van der Waals surface area contributed by atoms with Gasteiger partial charge in [-0.3, -0.25) is 19.6 Å². The van der Waals surface area contributed by atoms with Crippen LogP contribution < -0.4 is 0 Å². The maximum absolute atomic E-state index is 10.1. The first-order chi connectivity index (χ1) is 32.7. The predicted molar refractivity (Wildman–Crippen MR) is 261 cm³/mol. The number of rotatable bonds is 8. The molecule has 0 radical (unpaired) electrons. The molecule has 16 nitrogen and oxygen atoms in total. The van der Waals surface area contributed by atoms with Gasteiger partial charge in [-0.05, 0) is 90.2 Å². The second kappa shape index (κ2) is 36.3. The zero-order chi connectivity index (χ0) is 46.0. The Hall–Kier alpha value is -1.66. The molecule has 4 fully saturated rings. The molecular weight excluding hydrogens is 881 g/mol. The zero-order valence-electron chi connectivity index (χ0n) is 40.1. The lowest BCUT2D eigenvalue weighted by Crippen LogP contribution is -2.36. The Morgan fingerprint density at radius 1 is 0.348 bits per heavy atom. The molecule has 0 amide bonds. The molecule has 4 bridgehead atoms. The van der Waals surface area contributed by atoms with E-state index in [-0.39, 0.29) is 0 Å². The SMILES string of the molecule is N#Cc1cc(SCCN2CCCN3CCOCCOCCN(CCC2)CCOCCOCC3)c(SCCN2CCCN3CCOCCOCCN(CCC2)CCOCCOCC3)cc1C#N. The topological polar surface area (TPSA) is 141 Å². The van der Waals surface area contributed by atoms with Crippen molar-refractivity contribution in [3.63, 3.8) is 0 Å². The van der Waals surface area contributed by atoms with Gasteiger partial charge >= 0.3 is 0 Å². The monoisotopic (exact) mass is 963 g/mol. The largest absolute Gasteiger partial charge is 0.378 e. The van der Waals surface area contributed by atoms with Gasteiger partial charge in [0.2, 0.25) is 0 Å². The van der Waals surface area contributed by atoms with Gasteiger partial charge in [-0.1, -0.05) is 0 Å². The van der Waals surface area contributed by atoms with Gasteiger partial charge in [0.1, 0.15) is 12.1 Å². The molecule has 0 unspecified atom stereocenters. The highest BCUT2D eigenvalue weighted by atomic mass is 32.2. The number of fused-ring (bicyclic) bond motifs is 16. The van der Waals surface area contributed by atoms with Crippen LogP contribution in [-0.2, 0) is 37.9 Å². The van der Waals surface area contributed by atoms with E-state index in [1.807, 2.05) is 35.7 Å². The molecule has 18 heteroatoms. The minimum Gasteiger partial charge on any atom is -0.378 e. The third-order valence-electron chi connectivity index (χ3n) is 12.4. The highest BCUT2D eigenvalue weighted by Gasteiger charge is 2.17. The van der Waals surface area contributed by atoms with Gasteiger partial charge in [-0.25, -0.2) is 0 Å². The Balaban J connectivity index is 1.22. The van der Waals surface area contributed by atoms with Crippen molar-refractivity contribution < 1.29 is 37.9 Å².